The summed E-state index contributed by atoms with van der Waals surface area (Å²) < 4.78 is 14.4. The number of nitrogens with two attached hydrogens (primary N) is 1. The molecule has 21 heavy (non-hydrogen) atoms. The molecule has 0 radical (unpaired) electrons. The number of halogens is 2. The number of carbonyl (C=O) groups is 1. The molecule has 2 aromatic rings. The van der Waals surface area contributed by atoms with Crippen LogP contribution in [0.25, 0.3) is 0 Å². The highest BCUT2D eigenvalue weighted by Crippen LogP contribution is 2.34. The van der Waals surface area contributed by atoms with Gasteiger partial charge in [0, 0.05) is 22.4 Å². The van der Waals surface area contributed by atoms with Crippen LogP contribution in [0.4, 0.5) is 15.8 Å². The van der Waals surface area contributed by atoms with E-state index in [4.69, 9.17) is 5.73 Å². The topological polar surface area (TPSA) is 46.3 Å². The number of fused-ring (bicyclic) bond motifs is 1. The molecule has 0 saturated carbocycles. The number of nitrogen functional groups attached to an aromatic ring is 1. The zero-order valence-electron chi connectivity index (χ0n) is 11.5. The maximum Gasteiger partial charge on any atom is 0.262 e. The van der Waals surface area contributed by atoms with Crippen LogP contribution < -0.4 is 10.6 Å². The van der Waals surface area contributed by atoms with Crippen LogP contribution in [0.3, 0.4) is 0 Å². The number of hydrogen-bond acceptors (Lipinski definition) is 2. The van der Waals surface area contributed by atoms with Gasteiger partial charge in [-0.2, -0.15) is 0 Å². The minimum absolute atomic E-state index is 0.0597. The predicted octanol–water partition coefficient (Wildman–Crippen LogP) is 3.68. The van der Waals surface area contributed by atoms with E-state index >= 15 is 0 Å². The van der Waals surface area contributed by atoms with Gasteiger partial charge in [-0.05, 0) is 58.6 Å². The first-order valence-corrected chi connectivity index (χ1v) is 7.43. The standard InChI is InChI=1S/C16H14BrFN2O/c1-9-7-10-5-6-20(14(10)8-13(9)19)16(21)15-11(17)3-2-4-12(15)18/h2-4,7-8H,5-6,19H2,1H3. The van der Waals surface area contributed by atoms with Gasteiger partial charge in [-0.3, -0.25) is 4.79 Å². The predicted molar refractivity (Wildman–Crippen MR) is 85.1 cm³/mol. The Morgan fingerprint density at radius 2 is 2.14 bits per heavy atom. The molecule has 0 saturated heterocycles. The summed E-state index contributed by atoms with van der Waals surface area (Å²) >= 11 is 3.25. The molecule has 1 amide bonds. The van der Waals surface area contributed by atoms with Gasteiger partial charge in [-0.25, -0.2) is 4.39 Å². The van der Waals surface area contributed by atoms with Gasteiger partial charge in [0.2, 0.25) is 0 Å². The van der Waals surface area contributed by atoms with Crippen molar-refractivity contribution in [2.75, 3.05) is 17.2 Å². The Balaban J connectivity index is 2.05. The number of benzene rings is 2. The van der Waals surface area contributed by atoms with Gasteiger partial charge in [-0.1, -0.05) is 12.1 Å². The molecule has 1 aliphatic heterocycles. The molecule has 1 aliphatic rings. The molecule has 0 aliphatic carbocycles. The second-order valence-corrected chi connectivity index (χ2v) is 6.00. The summed E-state index contributed by atoms with van der Waals surface area (Å²) in [6.45, 7) is 2.48. The lowest BCUT2D eigenvalue weighted by molar-refractivity contribution is 0.0984. The third kappa shape index (κ3) is 2.31. The maximum absolute atomic E-state index is 14.0. The maximum atomic E-state index is 14.0. The Morgan fingerprint density at radius 1 is 1.38 bits per heavy atom. The number of anilines is 2. The number of hydrogen-bond donors (Lipinski definition) is 1. The van der Waals surface area contributed by atoms with Crippen molar-refractivity contribution in [3.05, 3.63) is 57.3 Å². The first-order valence-electron chi connectivity index (χ1n) is 6.64. The van der Waals surface area contributed by atoms with E-state index in [1.807, 2.05) is 13.0 Å². The average Bonchev–Trinajstić information content (AvgIpc) is 2.81. The van der Waals surface area contributed by atoms with Crippen LogP contribution in [0.2, 0.25) is 0 Å². The molecule has 108 valence electrons. The monoisotopic (exact) mass is 348 g/mol. The van der Waals surface area contributed by atoms with Crippen LogP contribution in [0.5, 0.6) is 0 Å². The van der Waals surface area contributed by atoms with Crippen LogP contribution in [0.1, 0.15) is 21.5 Å². The van der Waals surface area contributed by atoms with Crippen molar-refractivity contribution >= 4 is 33.2 Å². The molecular formula is C16H14BrFN2O. The number of nitrogens with zero attached hydrogens (tertiary/aromatic N) is 1. The third-order valence-corrected chi connectivity index (χ3v) is 4.45. The molecule has 0 atom stereocenters. The summed E-state index contributed by atoms with van der Waals surface area (Å²) in [7, 11) is 0. The van der Waals surface area contributed by atoms with Gasteiger partial charge >= 0.3 is 0 Å². The fourth-order valence-electron chi connectivity index (χ4n) is 2.62. The van der Waals surface area contributed by atoms with E-state index in [9.17, 15) is 9.18 Å². The van der Waals surface area contributed by atoms with Crippen molar-refractivity contribution in [1.29, 1.82) is 0 Å². The van der Waals surface area contributed by atoms with Crippen molar-refractivity contribution in [1.82, 2.24) is 0 Å². The minimum atomic E-state index is -0.525. The van der Waals surface area contributed by atoms with E-state index in [0.717, 1.165) is 23.2 Å². The number of rotatable bonds is 1. The van der Waals surface area contributed by atoms with Gasteiger partial charge in [0.25, 0.3) is 5.91 Å². The molecular weight excluding hydrogens is 335 g/mol. The number of amides is 1. The molecule has 0 fully saturated rings. The van der Waals surface area contributed by atoms with Gasteiger partial charge < -0.3 is 10.6 Å². The van der Waals surface area contributed by atoms with E-state index in [1.54, 1.807) is 23.1 Å². The first-order chi connectivity index (χ1) is 9.99. The van der Waals surface area contributed by atoms with Crippen LogP contribution in [-0.4, -0.2) is 12.5 Å². The summed E-state index contributed by atoms with van der Waals surface area (Å²) in [5, 5.41) is 0. The number of aryl methyl sites for hydroxylation is 1. The van der Waals surface area contributed by atoms with Crippen molar-refractivity contribution in [2.45, 2.75) is 13.3 Å². The Morgan fingerprint density at radius 3 is 2.86 bits per heavy atom. The fourth-order valence-corrected chi connectivity index (χ4v) is 3.14. The Hall–Kier alpha value is -1.88. The third-order valence-electron chi connectivity index (χ3n) is 3.78. The van der Waals surface area contributed by atoms with Crippen LogP contribution >= 0.6 is 15.9 Å². The molecule has 1 heterocycles. The van der Waals surface area contributed by atoms with E-state index in [0.29, 0.717) is 16.7 Å². The van der Waals surface area contributed by atoms with Crippen molar-refractivity contribution < 1.29 is 9.18 Å². The number of carbonyl (C=O) groups excluding carboxylic acids is 1. The molecule has 0 unspecified atom stereocenters. The smallest absolute Gasteiger partial charge is 0.262 e. The lowest BCUT2D eigenvalue weighted by atomic mass is 10.1. The highest BCUT2D eigenvalue weighted by molar-refractivity contribution is 9.10. The lowest BCUT2D eigenvalue weighted by Gasteiger charge is -2.19. The second kappa shape index (κ2) is 5.15. The molecule has 2 N–H and O–H groups in total. The Bertz CT molecular complexity index is 725. The van der Waals surface area contributed by atoms with E-state index in [-0.39, 0.29) is 11.5 Å². The largest absolute Gasteiger partial charge is 0.398 e. The second-order valence-electron chi connectivity index (χ2n) is 5.14. The molecule has 0 aromatic heterocycles. The summed E-state index contributed by atoms with van der Waals surface area (Å²) in [5.41, 5.74) is 9.48. The normalized spacial score (nSPS) is 13.4. The van der Waals surface area contributed by atoms with Gasteiger partial charge in [-0.15, -0.1) is 0 Å². The van der Waals surface area contributed by atoms with Crippen molar-refractivity contribution in [3.63, 3.8) is 0 Å². The highest BCUT2D eigenvalue weighted by atomic mass is 79.9. The molecule has 3 nitrogen and oxygen atoms in total. The lowest BCUT2D eigenvalue weighted by Crippen LogP contribution is -2.30. The zero-order valence-corrected chi connectivity index (χ0v) is 13.1. The minimum Gasteiger partial charge on any atom is -0.398 e. The summed E-state index contributed by atoms with van der Waals surface area (Å²) in [4.78, 5) is 14.3. The first kappa shape index (κ1) is 14.1. The van der Waals surface area contributed by atoms with Crippen LogP contribution in [0.15, 0.2) is 34.8 Å². The molecule has 0 bridgehead atoms. The quantitative estimate of drug-likeness (QED) is 0.799. The fraction of sp³-hybridized carbons (Fsp3) is 0.188. The highest BCUT2D eigenvalue weighted by Gasteiger charge is 2.29. The molecule has 5 heteroatoms. The van der Waals surface area contributed by atoms with Gasteiger partial charge in [0.05, 0.1) is 5.56 Å². The zero-order chi connectivity index (χ0) is 15.1. The Kier molecular flexibility index (Phi) is 3.45. The van der Waals surface area contributed by atoms with Crippen molar-refractivity contribution in [2.24, 2.45) is 0 Å². The average molecular weight is 349 g/mol. The van der Waals surface area contributed by atoms with Gasteiger partial charge in [0.1, 0.15) is 5.82 Å². The van der Waals surface area contributed by atoms with E-state index < -0.39 is 5.82 Å². The summed E-state index contributed by atoms with van der Waals surface area (Å²) in [6, 6.07) is 8.31. The van der Waals surface area contributed by atoms with E-state index in [1.165, 1.54) is 6.07 Å². The summed E-state index contributed by atoms with van der Waals surface area (Å²) in [5.74, 6) is -0.870. The van der Waals surface area contributed by atoms with Crippen molar-refractivity contribution in [3.8, 4) is 0 Å². The van der Waals surface area contributed by atoms with Crippen LogP contribution in [0, 0.1) is 12.7 Å². The molecule has 0 spiro atoms. The molecule has 2 aromatic carbocycles. The SMILES string of the molecule is Cc1cc2c(cc1N)N(C(=O)c1c(F)cccc1Br)CC2. The van der Waals surface area contributed by atoms with E-state index in [2.05, 4.69) is 15.9 Å². The summed E-state index contributed by atoms with van der Waals surface area (Å²) in [6.07, 6.45) is 0.758. The Labute approximate surface area is 130 Å². The van der Waals surface area contributed by atoms with Gasteiger partial charge in [0.15, 0.2) is 0 Å². The molecule has 3 rings (SSSR count). The van der Waals surface area contributed by atoms with Crippen LogP contribution in [-0.2, 0) is 6.42 Å².